The van der Waals surface area contributed by atoms with E-state index in [0.29, 0.717) is 6.04 Å². The first-order valence-corrected chi connectivity index (χ1v) is 4.57. The van der Waals surface area contributed by atoms with Crippen LogP contribution in [0.15, 0.2) is 0 Å². The summed E-state index contributed by atoms with van der Waals surface area (Å²) in [7, 11) is 4.26. The van der Waals surface area contributed by atoms with Crippen molar-refractivity contribution < 1.29 is 0 Å². The van der Waals surface area contributed by atoms with Crippen molar-refractivity contribution in [1.29, 1.82) is 0 Å². The van der Waals surface area contributed by atoms with Crippen LogP contribution in [0.5, 0.6) is 0 Å². The van der Waals surface area contributed by atoms with Gasteiger partial charge >= 0.3 is 0 Å². The summed E-state index contributed by atoms with van der Waals surface area (Å²) in [5.74, 6) is 1.00. The Morgan fingerprint density at radius 1 is 1.45 bits per heavy atom. The predicted molar refractivity (Wildman–Crippen MR) is 48.7 cm³/mol. The molecule has 1 N–H and O–H groups in total. The molecule has 2 heteroatoms. The summed E-state index contributed by atoms with van der Waals surface area (Å²) in [6.07, 6.45) is 2.90. The van der Waals surface area contributed by atoms with Gasteiger partial charge in [0.05, 0.1) is 0 Å². The highest BCUT2D eigenvalue weighted by molar-refractivity contribution is 4.76. The summed E-state index contributed by atoms with van der Waals surface area (Å²) in [6, 6.07) is 0.661. The molecule has 0 bridgehead atoms. The van der Waals surface area contributed by atoms with Crippen molar-refractivity contribution in [3.8, 4) is 0 Å². The van der Waals surface area contributed by atoms with Gasteiger partial charge in [0.2, 0.25) is 0 Å². The Balaban J connectivity index is 1.92. The first-order valence-electron chi connectivity index (χ1n) is 4.57. The molecule has 66 valence electrons. The lowest BCUT2D eigenvalue weighted by Gasteiger charge is -2.19. The lowest BCUT2D eigenvalue weighted by molar-refractivity contribution is 0.302. The van der Waals surface area contributed by atoms with Crippen molar-refractivity contribution in [3.05, 3.63) is 0 Å². The van der Waals surface area contributed by atoms with Crippen LogP contribution in [0.3, 0.4) is 0 Å². The van der Waals surface area contributed by atoms with E-state index in [-0.39, 0.29) is 0 Å². The lowest BCUT2D eigenvalue weighted by atomic mass is 10.3. The van der Waals surface area contributed by atoms with Crippen molar-refractivity contribution in [2.45, 2.75) is 25.8 Å². The molecule has 0 aromatic heterocycles. The maximum absolute atomic E-state index is 3.49. The highest BCUT2D eigenvalue weighted by Gasteiger charge is 2.20. The fraction of sp³-hybridized carbons (Fsp3) is 1.00. The van der Waals surface area contributed by atoms with Crippen LogP contribution in [0.1, 0.15) is 19.8 Å². The van der Waals surface area contributed by atoms with E-state index < -0.39 is 0 Å². The van der Waals surface area contributed by atoms with Crippen LogP contribution in [0.2, 0.25) is 0 Å². The summed E-state index contributed by atoms with van der Waals surface area (Å²) in [5, 5.41) is 3.49. The molecule has 0 heterocycles. The van der Waals surface area contributed by atoms with E-state index in [4.69, 9.17) is 0 Å². The summed E-state index contributed by atoms with van der Waals surface area (Å²) >= 11 is 0. The van der Waals surface area contributed by atoms with Crippen LogP contribution in [0.25, 0.3) is 0 Å². The minimum Gasteiger partial charge on any atom is -0.315 e. The number of nitrogens with one attached hydrogen (secondary N) is 1. The van der Waals surface area contributed by atoms with E-state index in [0.717, 1.165) is 12.5 Å². The number of hydrogen-bond donors (Lipinski definition) is 1. The molecule has 0 aromatic carbocycles. The van der Waals surface area contributed by atoms with E-state index >= 15 is 0 Å². The molecule has 2 nitrogen and oxygen atoms in total. The SMILES string of the molecule is CC(CNCC1CC1)N(C)C. The Bertz CT molecular complexity index is 108. The normalized spacial score (nSPS) is 20.7. The highest BCUT2D eigenvalue weighted by Crippen LogP contribution is 2.27. The number of likely N-dealkylation sites (N-methyl/N-ethyl adjacent to an activating group) is 1. The average Bonchev–Trinajstić information content (AvgIpc) is 2.71. The molecule has 11 heavy (non-hydrogen) atoms. The van der Waals surface area contributed by atoms with Crippen molar-refractivity contribution >= 4 is 0 Å². The van der Waals surface area contributed by atoms with Gasteiger partial charge in [-0.25, -0.2) is 0 Å². The van der Waals surface area contributed by atoms with Gasteiger partial charge in [-0.1, -0.05) is 0 Å². The van der Waals surface area contributed by atoms with E-state index in [1.165, 1.54) is 19.4 Å². The maximum atomic E-state index is 3.49. The standard InChI is InChI=1S/C9H20N2/c1-8(11(2)3)6-10-7-9-4-5-9/h8-10H,4-7H2,1-3H3. The van der Waals surface area contributed by atoms with Crippen LogP contribution >= 0.6 is 0 Å². The Labute approximate surface area is 70.0 Å². The largest absolute Gasteiger partial charge is 0.315 e. The second kappa shape index (κ2) is 4.07. The Hall–Kier alpha value is -0.0800. The van der Waals surface area contributed by atoms with Crippen LogP contribution in [-0.2, 0) is 0 Å². The monoisotopic (exact) mass is 156 g/mol. The third-order valence-electron chi connectivity index (χ3n) is 2.45. The Morgan fingerprint density at radius 2 is 2.09 bits per heavy atom. The first kappa shape index (κ1) is 9.01. The molecule has 0 aliphatic heterocycles. The number of nitrogens with zero attached hydrogens (tertiary/aromatic N) is 1. The molecular formula is C9H20N2. The number of rotatable bonds is 5. The van der Waals surface area contributed by atoms with Gasteiger partial charge in [-0.3, -0.25) is 0 Å². The quantitative estimate of drug-likeness (QED) is 0.637. The molecule has 1 fully saturated rings. The highest BCUT2D eigenvalue weighted by atomic mass is 15.1. The molecule has 1 saturated carbocycles. The third kappa shape index (κ3) is 3.73. The summed E-state index contributed by atoms with van der Waals surface area (Å²) in [4.78, 5) is 2.25. The lowest BCUT2D eigenvalue weighted by Crippen LogP contribution is -2.36. The molecule has 1 aliphatic rings. The minimum absolute atomic E-state index is 0.661. The van der Waals surface area contributed by atoms with Gasteiger partial charge in [0.15, 0.2) is 0 Å². The zero-order valence-corrected chi connectivity index (χ0v) is 7.93. The maximum Gasteiger partial charge on any atom is 0.0186 e. The fourth-order valence-corrected chi connectivity index (χ4v) is 1.00. The zero-order valence-electron chi connectivity index (χ0n) is 7.93. The third-order valence-corrected chi connectivity index (χ3v) is 2.45. The molecule has 0 radical (unpaired) electrons. The van der Waals surface area contributed by atoms with Gasteiger partial charge in [0, 0.05) is 12.6 Å². The molecule has 1 unspecified atom stereocenters. The van der Waals surface area contributed by atoms with Crippen molar-refractivity contribution in [3.63, 3.8) is 0 Å². The minimum atomic E-state index is 0.661. The van der Waals surface area contributed by atoms with Crippen LogP contribution < -0.4 is 5.32 Å². The molecular weight excluding hydrogens is 136 g/mol. The average molecular weight is 156 g/mol. The van der Waals surface area contributed by atoms with Crippen LogP contribution in [0, 0.1) is 5.92 Å². The molecule has 1 atom stereocenters. The smallest absolute Gasteiger partial charge is 0.0186 e. The second-order valence-corrected chi connectivity index (χ2v) is 3.91. The molecule has 0 saturated heterocycles. The molecule has 0 spiro atoms. The number of hydrogen-bond acceptors (Lipinski definition) is 2. The summed E-state index contributed by atoms with van der Waals surface area (Å²) in [6.45, 7) is 4.61. The van der Waals surface area contributed by atoms with Crippen LogP contribution in [-0.4, -0.2) is 38.1 Å². The predicted octanol–water partition coefficient (Wildman–Crippen LogP) is 0.936. The van der Waals surface area contributed by atoms with E-state index in [1.54, 1.807) is 0 Å². The Kier molecular flexibility index (Phi) is 3.34. The van der Waals surface area contributed by atoms with Crippen LogP contribution in [0.4, 0.5) is 0 Å². The molecule has 0 amide bonds. The van der Waals surface area contributed by atoms with Gasteiger partial charge in [0.1, 0.15) is 0 Å². The van der Waals surface area contributed by atoms with Crippen molar-refractivity contribution in [2.24, 2.45) is 5.92 Å². The Morgan fingerprint density at radius 3 is 2.55 bits per heavy atom. The topological polar surface area (TPSA) is 15.3 Å². The van der Waals surface area contributed by atoms with E-state index in [1.807, 2.05) is 0 Å². The van der Waals surface area contributed by atoms with Gasteiger partial charge in [-0.05, 0) is 46.3 Å². The second-order valence-electron chi connectivity index (χ2n) is 3.91. The van der Waals surface area contributed by atoms with Gasteiger partial charge in [0.25, 0.3) is 0 Å². The van der Waals surface area contributed by atoms with Gasteiger partial charge in [-0.15, -0.1) is 0 Å². The fourth-order valence-electron chi connectivity index (χ4n) is 1.00. The first-order chi connectivity index (χ1) is 5.20. The summed E-state index contributed by atoms with van der Waals surface area (Å²) in [5.41, 5.74) is 0. The molecule has 0 aromatic rings. The van der Waals surface area contributed by atoms with Crippen molar-refractivity contribution in [1.82, 2.24) is 10.2 Å². The molecule has 1 aliphatic carbocycles. The van der Waals surface area contributed by atoms with E-state index in [2.05, 4.69) is 31.2 Å². The van der Waals surface area contributed by atoms with Crippen molar-refractivity contribution in [2.75, 3.05) is 27.2 Å². The zero-order chi connectivity index (χ0) is 8.27. The van der Waals surface area contributed by atoms with Gasteiger partial charge in [-0.2, -0.15) is 0 Å². The van der Waals surface area contributed by atoms with E-state index in [9.17, 15) is 0 Å². The van der Waals surface area contributed by atoms with Gasteiger partial charge < -0.3 is 10.2 Å². The molecule has 1 rings (SSSR count). The summed E-state index contributed by atoms with van der Waals surface area (Å²) < 4.78 is 0.